The van der Waals surface area contributed by atoms with Crippen molar-refractivity contribution in [3.05, 3.63) is 51.7 Å². The summed E-state index contributed by atoms with van der Waals surface area (Å²) < 4.78 is 25.0. The van der Waals surface area contributed by atoms with Crippen LogP contribution in [0, 0.1) is 5.82 Å². The average Bonchev–Trinajstić information content (AvgIpc) is 2.93. The van der Waals surface area contributed by atoms with Crippen molar-refractivity contribution in [2.24, 2.45) is 5.73 Å². The fourth-order valence-electron chi connectivity index (χ4n) is 2.40. The van der Waals surface area contributed by atoms with Crippen LogP contribution in [0.2, 0.25) is 0 Å². The lowest BCUT2D eigenvalue weighted by Crippen LogP contribution is -2.17. The molecule has 0 aromatic heterocycles. The van der Waals surface area contributed by atoms with Crippen molar-refractivity contribution in [2.75, 3.05) is 18.7 Å². The van der Waals surface area contributed by atoms with E-state index >= 15 is 0 Å². The van der Waals surface area contributed by atoms with Crippen molar-refractivity contribution in [1.29, 1.82) is 0 Å². The van der Waals surface area contributed by atoms with Gasteiger partial charge < -0.3 is 20.5 Å². The van der Waals surface area contributed by atoms with Crippen LogP contribution in [0.25, 0.3) is 0 Å². The van der Waals surface area contributed by atoms with Crippen molar-refractivity contribution >= 4 is 27.5 Å². The van der Waals surface area contributed by atoms with Gasteiger partial charge in [0.15, 0.2) is 11.5 Å². The molecule has 2 aromatic carbocycles. The summed E-state index contributed by atoms with van der Waals surface area (Å²) in [6.45, 7) is 0.742. The first-order valence-corrected chi connectivity index (χ1v) is 7.75. The minimum atomic E-state index is -0.805. The molecule has 0 radical (unpaired) electrons. The van der Waals surface area contributed by atoms with Crippen molar-refractivity contribution in [3.8, 4) is 11.5 Å². The van der Waals surface area contributed by atoms with Crippen LogP contribution in [-0.2, 0) is 6.42 Å². The van der Waals surface area contributed by atoms with E-state index in [0.29, 0.717) is 28.9 Å². The van der Waals surface area contributed by atoms with Crippen LogP contribution >= 0.6 is 15.9 Å². The number of anilines is 1. The number of rotatable bonds is 5. The number of hydrogen-bond donors (Lipinski definition) is 2. The SMILES string of the molecule is NC(=O)c1c(F)cc(Br)cc1NCCc1ccc2c(c1)OCO2. The first-order valence-electron chi connectivity index (χ1n) is 6.96. The van der Waals surface area contributed by atoms with Gasteiger partial charge in [-0.05, 0) is 36.2 Å². The van der Waals surface area contributed by atoms with Gasteiger partial charge in [0.1, 0.15) is 5.82 Å². The molecule has 1 aliphatic rings. The molecular weight excluding hydrogens is 367 g/mol. The summed E-state index contributed by atoms with van der Waals surface area (Å²) in [5.41, 5.74) is 6.51. The van der Waals surface area contributed by atoms with E-state index in [4.69, 9.17) is 15.2 Å². The van der Waals surface area contributed by atoms with E-state index in [1.165, 1.54) is 6.07 Å². The highest BCUT2D eigenvalue weighted by Crippen LogP contribution is 2.32. The Labute approximate surface area is 140 Å². The third-order valence-corrected chi connectivity index (χ3v) is 3.93. The highest BCUT2D eigenvalue weighted by Gasteiger charge is 2.16. The molecule has 0 saturated carbocycles. The van der Waals surface area contributed by atoms with Crippen LogP contribution in [0.5, 0.6) is 11.5 Å². The van der Waals surface area contributed by atoms with Gasteiger partial charge in [-0.15, -0.1) is 0 Å². The Morgan fingerprint density at radius 1 is 1.26 bits per heavy atom. The summed E-state index contributed by atoms with van der Waals surface area (Å²) in [5.74, 6) is -0.0151. The van der Waals surface area contributed by atoms with Gasteiger partial charge >= 0.3 is 0 Å². The van der Waals surface area contributed by atoms with Crippen LogP contribution in [0.3, 0.4) is 0 Å². The van der Waals surface area contributed by atoms with Gasteiger partial charge in [0.25, 0.3) is 5.91 Å². The second-order valence-electron chi connectivity index (χ2n) is 5.04. The number of amides is 1. The normalized spacial score (nSPS) is 12.3. The molecule has 3 N–H and O–H groups in total. The van der Waals surface area contributed by atoms with Gasteiger partial charge in [-0.25, -0.2) is 4.39 Å². The number of nitrogens with one attached hydrogen (secondary N) is 1. The summed E-state index contributed by atoms with van der Waals surface area (Å²) in [4.78, 5) is 11.4. The molecule has 0 fully saturated rings. The monoisotopic (exact) mass is 380 g/mol. The minimum Gasteiger partial charge on any atom is -0.454 e. The number of carbonyl (C=O) groups excluding carboxylic acids is 1. The largest absolute Gasteiger partial charge is 0.454 e. The number of nitrogens with two attached hydrogens (primary N) is 1. The van der Waals surface area contributed by atoms with E-state index in [-0.39, 0.29) is 12.4 Å². The molecule has 5 nitrogen and oxygen atoms in total. The molecule has 1 amide bonds. The molecule has 1 heterocycles. The first-order chi connectivity index (χ1) is 11.0. The van der Waals surface area contributed by atoms with E-state index in [1.807, 2.05) is 18.2 Å². The van der Waals surface area contributed by atoms with Crippen LogP contribution in [0.1, 0.15) is 15.9 Å². The van der Waals surface area contributed by atoms with E-state index < -0.39 is 11.7 Å². The van der Waals surface area contributed by atoms with Gasteiger partial charge in [0.2, 0.25) is 6.79 Å². The summed E-state index contributed by atoms with van der Waals surface area (Å²) in [6, 6.07) is 8.53. The molecule has 23 heavy (non-hydrogen) atoms. The maximum atomic E-state index is 13.9. The third-order valence-electron chi connectivity index (χ3n) is 3.47. The fourth-order valence-corrected chi connectivity index (χ4v) is 2.83. The predicted molar refractivity (Wildman–Crippen MR) is 87.4 cm³/mol. The van der Waals surface area contributed by atoms with Crippen molar-refractivity contribution < 1.29 is 18.7 Å². The van der Waals surface area contributed by atoms with E-state index in [2.05, 4.69) is 21.2 Å². The second-order valence-corrected chi connectivity index (χ2v) is 5.95. The number of ether oxygens (including phenoxy) is 2. The van der Waals surface area contributed by atoms with Crippen molar-refractivity contribution in [1.82, 2.24) is 0 Å². The molecule has 0 saturated heterocycles. The van der Waals surface area contributed by atoms with E-state index in [0.717, 1.165) is 11.3 Å². The Bertz CT molecular complexity index is 767. The van der Waals surface area contributed by atoms with Gasteiger partial charge in [0, 0.05) is 11.0 Å². The number of halogens is 2. The Morgan fingerprint density at radius 2 is 2.04 bits per heavy atom. The Balaban J connectivity index is 1.70. The second kappa shape index (κ2) is 6.45. The highest BCUT2D eigenvalue weighted by atomic mass is 79.9. The molecule has 120 valence electrons. The summed E-state index contributed by atoms with van der Waals surface area (Å²) in [7, 11) is 0. The number of benzene rings is 2. The smallest absolute Gasteiger partial charge is 0.253 e. The lowest BCUT2D eigenvalue weighted by molar-refractivity contribution is 0.0997. The number of fused-ring (bicyclic) bond motifs is 1. The molecule has 7 heteroatoms. The molecule has 2 aromatic rings. The number of hydrogen-bond acceptors (Lipinski definition) is 4. The van der Waals surface area contributed by atoms with E-state index in [1.54, 1.807) is 6.07 Å². The van der Waals surface area contributed by atoms with Gasteiger partial charge in [-0.1, -0.05) is 22.0 Å². The third kappa shape index (κ3) is 3.39. The molecule has 0 atom stereocenters. The highest BCUT2D eigenvalue weighted by molar-refractivity contribution is 9.10. The summed E-state index contributed by atoms with van der Waals surface area (Å²) in [6.07, 6.45) is 0.670. The standard InChI is InChI=1S/C16H14BrFN2O3/c17-10-6-11(18)15(16(19)21)12(7-10)20-4-3-9-1-2-13-14(5-9)23-8-22-13/h1-2,5-7,20H,3-4,8H2,(H2,19,21). The first kappa shape index (κ1) is 15.6. The predicted octanol–water partition coefficient (Wildman–Crippen LogP) is 3.07. The van der Waals surface area contributed by atoms with Crippen molar-refractivity contribution in [2.45, 2.75) is 6.42 Å². The topological polar surface area (TPSA) is 73.6 Å². The van der Waals surface area contributed by atoms with Crippen LogP contribution in [0.4, 0.5) is 10.1 Å². The van der Waals surface area contributed by atoms with Gasteiger partial charge in [0.05, 0.1) is 11.3 Å². The molecule has 1 aliphatic heterocycles. The molecule has 3 rings (SSSR count). The van der Waals surface area contributed by atoms with Gasteiger partial charge in [-0.2, -0.15) is 0 Å². The number of carbonyl (C=O) groups is 1. The van der Waals surface area contributed by atoms with Crippen LogP contribution in [-0.4, -0.2) is 19.2 Å². The molecule has 0 spiro atoms. The Morgan fingerprint density at radius 3 is 2.83 bits per heavy atom. The zero-order valence-corrected chi connectivity index (χ0v) is 13.7. The Kier molecular flexibility index (Phi) is 4.38. The summed E-state index contributed by atoms with van der Waals surface area (Å²) in [5, 5.41) is 3.05. The quantitative estimate of drug-likeness (QED) is 0.835. The van der Waals surface area contributed by atoms with E-state index in [9.17, 15) is 9.18 Å². The number of primary amides is 1. The zero-order chi connectivity index (χ0) is 16.4. The lowest BCUT2D eigenvalue weighted by Gasteiger charge is -2.12. The van der Waals surface area contributed by atoms with Crippen molar-refractivity contribution in [3.63, 3.8) is 0 Å². The maximum Gasteiger partial charge on any atom is 0.253 e. The Hall–Kier alpha value is -2.28. The summed E-state index contributed by atoms with van der Waals surface area (Å²) >= 11 is 3.20. The van der Waals surface area contributed by atoms with Crippen LogP contribution < -0.4 is 20.5 Å². The fraction of sp³-hybridized carbons (Fsp3) is 0.188. The maximum absolute atomic E-state index is 13.9. The average molecular weight is 381 g/mol. The molecule has 0 unspecified atom stereocenters. The molecule has 0 bridgehead atoms. The van der Waals surface area contributed by atoms with Gasteiger partial charge in [-0.3, -0.25) is 4.79 Å². The zero-order valence-electron chi connectivity index (χ0n) is 12.1. The minimum absolute atomic E-state index is 0.140. The molecule has 0 aliphatic carbocycles. The van der Waals surface area contributed by atoms with Crippen LogP contribution in [0.15, 0.2) is 34.8 Å². The lowest BCUT2D eigenvalue weighted by atomic mass is 10.1. The molecular formula is C16H14BrFN2O3.